The first-order valence-corrected chi connectivity index (χ1v) is 8.09. The number of carbonyl (C=O) groups is 1. The molecular formula is C18H21FN4O. The molecular weight excluding hydrogens is 307 g/mol. The standard InChI is InChI=1S/C18H21FN4O/c1-11-10-13(6-8-21-11)16-15(20)7-9-22-17(16)23-18(24)12-2-4-14(19)5-3-12/h2-5,7,9,11,13,21H,6,8,10H2,1H3,(H3,20,22,23,24). The molecule has 1 aliphatic heterocycles. The molecule has 0 saturated carbocycles. The first-order chi connectivity index (χ1) is 11.5. The lowest BCUT2D eigenvalue weighted by Crippen LogP contribution is -2.35. The van der Waals surface area contributed by atoms with E-state index in [-0.39, 0.29) is 17.6 Å². The Balaban J connectivity index is 1.86. The molecule has 2 heterocycles. The summed E-state index contributed by atoms with van der Waals surface area (Å²) in [7, 11) is 0. The third-order valence-corrected chi connectivity index (χ3v) is 4.39. The number of hydrogen-bond donors (Lipinski definition) is 3. The van der Waals surface area contributed by atoms with Gasteiger partial charge in [-0.3, -0.25) is 4.79 Å². The number of halogens is 1. The Kier molecular flexibility index (Phi) is 4.76. The molecule has 0 aliphatic carbocycles. The third-order valence-electron chi connectivity index (χ3n) is 4.39. The van der Waals surface area contributed by atoms with Crippen molar-refractivity contribution in [3.63, 3.8) is 0 Å². The van der Waals surface area contributed by atoms with E-state index in [1.165, 1.54) is 24.3 Å². The molecule has 3 rings (SSSR count). The summed E-state index contributed by atoms with van der Waals surface area (Å²) >= 11 is 0. The minimum absolute atomic E-state index is 0.249. The highest BCUT2D eigenvalue weighted by atomic mass is 19.1. The van der Waals surface area contributed by atoms with Gasteiger partial charge in [-0.1, -0.05) is 0 Å². The molecule has 0 radical (unpaired) electrons. The highest BCUT2D eigenvalue weighted by molar-refractivity contribution is 6.04. The molecule has 1 amide bonds. The summed E-state index contributed by atoms with van der Waals surface area (Å²) in [5.74, 6) is 0.0382. The zero-order valence-corrected chi connectivity index (χ0v) is 13.6. The lowest BCUT2D eigenvalue weighted by molar-refractivity contribution is 0.102. The average Bonchev–Trinajstić information content (AvgIpc) is 2.55. The van der Waals surface area contributed by atoms with E-state index in [1.54, 1.807) is 12.3 Å². The summed E-state index contributed by atoms with van der Waals surface area (Å²) in [5, 5.41) is 6.23. The zero-order valence-electron chi connectivity index (χ0n) is 13.6. The molecule has 4 N–H and O–H groups in total. The molecule has 126 valence electrons. The minimum Gasteiger partial charge on any atom is -0.398 e. The van der Waals surface area contributed by atoms with Gasteiger partial charge in [0.25, 0.3) is 5.91 Å². The average molecular weight is 328 g/mol. The Bertz CT molecular complexity index is 732. The Morgan fingerprint density at radius 1 is 1.33 bits per heavy atom. The summed E-state index contributed by atoms with van der Waals surface area (Å²) in [6.45, 7) is 3.04. The van der Waals surface area contributed by atoms with Gasteiger partial charge in [0.05, 0.1) is 0 Å². The van der Waals surface area contributed by atoms with Crippen LogP contribution in [0.3, 0.4) is 0 Å². The maximum Gasteiger partial charge on any atom is 0.256 e. The maximum atomic E-state index is 13.0. The van der Waals surface area contributed by atoms with E-state index in [4.69, 9.17) is 5.73 Å². The van der Waals surface area contributed by atoms with E-state index < -0.39 is 0 Å². The molecule has 1 aromatic carbocycles. The Morgan fingerprint density at radius 2 is 2.08 bits per heavy atom. The second-order valence-electron chi connectivity index (χ2n) is 6.20. The topological polar surface area (TPSA) is 80.0 Å². The molecule has 5 nitrogen and oxygen atoms in total. The number of rotatable bonds is 3. The van der Waals surface area contributed by atoms with E-state index >= 15 is 0 Å². The normalized spacial score (nSPS) is 20.6. The van der Waals surface area contributed by atoms with Crippen LogP contribution in [0.5, 0.6) is 0 Å². The van der Waals surface area contributed by atoms with Gasteiger partial charge in [0.15, 0.2) is 0 Å². The van der Waals surface area contributed by atoms with Crippen LogP contribution in [0.1, 0.15) is 41.6 Å². The number of amides is 1. The molecule has 2 atom stereocenters. The number of pyridine rings is 1. The van der Waals surface area contributed by atoms with Crippen molar-refractivity contribution in [1.82, 2.24) is 10.3 Å². The SMILES string of the molecule is CC1CC(c2c(N)ccnc2NC(=O)c2ccc(F)cc2)CCN1. The van der Waals surface area contributed by atoms with E-state index in [9.17, 15) is 9.18 Å². The van der Waals surface area contributed by atoms with Crippen molar-refractivity contribution in [2.75, 3.05) is 17.6 Å². The van der Waals surface area contributed by atoms with Crippen molar-refractivity contribution in [1.29, 1.82) is 0 Å². The van der Waals surface area contributed by atoms with Gasteiger partial charge >= 0.3 is 0 Å². The highest BCUT2D eigenvalue weighted by Gasteiger charge is 2.25. The fourth-order valence-electron chi connectivity index (χ4n) is 3.19. The molecule has 1 aliphatic rings. The van der Waals surface area contributed by atoms with Crippen molar-refractivity contribution < 1.29 is 9.18 Å². The van der Waals surface area contributed by atoms with E-state index in [0.29, 0.717) is 23.1 Å². The van der Waals surface area contributed by atoms with Crippen LogP contribution >= 0.6 is 0 Å². The van der Waals surface area contributed by atoms with Gasteiger partial charge in [-0.25, -0.2) is 9.37 Å². The van der Waals surface area contributed by atoms with E-state index in [0.717, 1.165) is 24.9 Å². The van der Waals surface area contributed by atoms with Crippen LogP contribution in [0.15, 0.2) is 36.5 Å². The number of anilines is 2. The zero-order chi connectivity index (χ0) is 17.1. The number of hydrogen-bond acceptors (Lipinski definition) is 4. The lowest BCUT2D eigenvalue weighted by atomic mass is 9.86. The number of aromatic nitrogens is 1. The number of carbonyl (C=O) groups excluding carboxylic acids is 1. The molecule has 24 heavy (non-hydrogen) atoms. The van der Waals surface area contributed by atoms with Crippen molar-refractivity contribution in [3.8, 4) is 0 Å². The minimum atomic E-state index is -0.377. The number of benzene rings is 1. The first-order valence-electron chi connectivity index (χ1n) is 8.09. The van der Waals surface area contributed by atoms with Crippen LogP contribution < -0.4 is 16.4 Å². The van der Waals surface area contributed by atoms with Gasteiger partial charge in [0, 0.05) is 29.1 Å². The van der Waals surface area contributed by atoms with Crippen LogP contribution in [0, 0.1) is 5.82 Å². The lowest BCUT2D eigenvalue weighted by Gasteiger charge is -2.30. The number of nitrogen functional groups attached to an aromatic ring is 1. The predicted octanol–water partition coefficient (Wildman–Crippen LogP) is 2.91. The van der Waals surface area contributed by atoms with Crippen LogP contribution in [0.4, 0.5) is 15.9 Å². The predicted molar refractivity (Wildman–Crippen MR) is 92.4 cm³/mol. The largest absolute Gasteiger partial charge is 0.398 e. The smallest absolute Gasteiger partial charge is 0.256 e. The number of piperidine rings is 1. The summed E-state index contributed by atoms with van der Waals surface area (Å²) in [6, 6.07) is 7.57. The van der Waals surface area contributed by atoms with Crippen LogP contribution in [0.25, 0.3) is 0 Å². The molecule has 1 aromatic heterocycles. The van der Waals surface area contributed by atoms with Gasteiger partial charge in [-0.15, -0.1) is 0 Å². The molecule has 0 spiro atoms. The Labute approximate surface area is 140 Å². The summed E-state index contributed by atoms with van der Waals surface area (Å²) < 4.78 is 13.0. The van der Waals surface area contributed by atoms with Crippen LogP contribution in [0.2, 0.25) is 0 Å². The number of nitrogens with zero attached hydrogens (tertiary/aromatic N) is 1. The van der Waals surface area contributed by atoms with Crippen molar-refractivity contribution in [2.24, 2.45) is 0 Å². The van der Waals surface area contributed by atoms with Gasteiger partial charge < -0.3 is 16.4 Å². The summed E-state index contributed by atoms with van der Waals surface area (Å²) in [5.41, 5.74) is 8.08. The van der Waals surface area contributed by atoms with Crippen molar-refractivity contribution in [2.45, 2.75) is 31.7 Å². The van der Waals surface area contributed by atoms with Gasteiger partial charge in [0.2, 0.25) is 0 Å². The van der Waals surface area contributed by atoms with Gasteiger partial charge in [-0.2, -0.15) is 0 Å². The fourth-order valence-corrected chi connectivity index (χ4v) is 3.19. The number of nitrogens with one attached hydrogen (secondary N) is 2. The third kappa shape index (κ3) is 3.54. The summed E-state index contributed by atoms with van der Waals surface area (Å²) in [4.78, 5) is 16.7. The van der Waals surface area contributed by atoms with Crippen molar-refractivity contribution >= 4 is 17.4 Å². The fraction of sp³-hybridized carbons (Fsp3) is 0.333. The highest BCUT2D eigenvalue weighted by Crippen LogP contribution is 2.35. The number of nitrogens with two attached hydrogens (primary N) is 1. The van der Waals surface area contributed by atoms with Gasteiger partial charge in [-0.05, 0) is 62.6 Å². The van der Waals surface area contributed by atoms with Crippen LogP contribution in [-0.2, 0) is 0 Å². The van der Waals surface area contributed by atoms with E-state index in [1.807, 2.05) is 0 Å². The Morgan fingerprint density at radius 3 is 2.79 bits per heavy atom. The molecule has 6 heteroatoms. The molecule has 1 saturated heterocycles. The van der Waals surface area contributed by atoms with Crippen molar-refractivity contribution in [3.05, 3.63) is 53.5 Å². The second kappa shape index (κ2) is 6.97. The summed E-state index contributed by atoms with van der Waals surface area (Å²) in [6.07, 6.45) is 3.47. The quantitative estimate of drug-likeness (QED) is 0.809. The molecule has 2 unspecified atom stereocenters. The Hall–Kier alpha value is -2.47. The van der Waals surface area contributed by atoms with Gasteiger partial charge in [0.1, 0.15) is 11.6 Å². The van der Waals surface area contributed by atoms with Crippen LogP contribution in [-0.4, -0.2) is 23.5 Å². The molecule has 1 fully saturated rings. The first kappa shape index (κ1) is 16.4. The van der Waals surface area contributed by atoms with E-state index in [2.05, 4.69) is 22.5 Å². The molecule has 2 aromatic rings. The molecule has 0 bridgehead atoms. The monoisotopic (exact) mass is 328 g/mol. The maximum absolute atomic E-state index is 13.0. The second-order valence-corrected chi connectivity index (χ2v) is 6.20.